The third kappa shape index (κ3) is 2.91. The number of piperidine rings is 1. The van der Waals surface area contributed by atoms with E-state index in [0.29, 0.717) is 32.2 Å². The van der Waals surface area contributed by atoms with Crippen LogP contribution in [0, 0.1) is 0 Å². The molecule has 0 aromatic carbocycles. The predicted molar refractivity (Wildman–Crippen MR) is 68.4 cm³/mol. The van der Waals surface area contributed by atoms with Crippen molar-refractivity contribution in [2.45, 2.75) is 49.8 Å². The van der Waals surface area contributed by atoms with Gasteiger partial charge >= 0.3 is 5.97 Å². The van der Waals surface area contributed by atoms with E-state index in [4.69, 9.17) is 5.11 Å². The molecule has 6 nitrogen and oxygen atoms in total. The number of carbonyl (C=O) groups excluding carboxylic acids is 1. The van der Waals surface area contributed by atoms with Crippen LogP contribution in [0.4, 0.5) is 0 Å². The van der Waals surface area contributed by atoms with Gasteiger partial charge in [-0.3, -0.25) is 4.79 Å². The summed E-state index contributed by atoms with van der Waals surface area (Å²) in [5.41, 5.74) is 0. The molecule has 2 aliphatic heterocycles. The molecule has 0 bridgehead atoms. The zero-order valence-corrected chi connectivity index (χ0v) is 11.6. The van der Waals surface area contributed by atoms with Crippen molar-refractivity contribution in [1.82, 2.24) is 4.90 Å². The number of sulfone groups is 1. The van der Waals surface area contributed by atoms with Crippen LogP contribution in [0.2, 0.25) is 0 Å². The average Bonchev–Trinajstić information content (AvgIpc) is 2.37. The number of carboxylic acid groups (broad SMARTS) is 1. The maximum atomic E-state index is 12.4. The molecule has 2 rings (SSSR count). The first-order valence-corrected chi connectivity index (χ1v) is 8.40. The van der Waals surface area contributed by atoms with E-state index in [1.165, 1.54) is 4.90 Å². The van der Waals surface area contributed by atoms with Crippen LogP contribution in [0.25, 0.3) is 0 Å². The quantitative estimate of drug-likeness (QED) is 0.795. The monoisotopic (exact) mass is 289 g/mol. The Morgan fingerprint density at radius 2 is 1.74 bits per heavy atom. The van der Waals surface area contributed by atoms with Gasteiger partial charge in [0.1, 0.15) is 11.3 Å². The zero-order valence-electron chi connectivity index (χ0n) is 10.7. The number of carboxylic acids is 1. The van der Waals surface area contributed by atoms with Crippen molar-refractivity contribution in [1.29, 1.82) is 0 Å². The van der Waals surface area contributed by atoms with Crippen LogP contribution < -0.4 is 0 Å². The molecule has 0 radical (unpaired) electrons. The first kappa shape index (κ1) is 14.3. The van der Waals surface area contributed by atoms with Crippen LogP contribution in [-0.4, -0.2) is 53.9 Å². The fourth-order valence-electron chi connectivity index (χ4n) is 2.87. The second kappa shape index (κ2) is 5.48. The number of nitrogens with zero attached hydrogens (tertiary/aromatic N) is 1. The molecule has 0 aromatic rings. The second-order valence-corrected chi connectivity index (χ2v) is 7.54. The van der Waals surface area contributed by atoms with Crippen molar-refractivity contribution in [3.8, 4) is 0 Å². The Kier molecular flexibility index (Phi) is 4.13. The molecule has 1 unspecified atom stereocenters. The van der Waals surface area contributed by atoms with E-state index in [-0.39, 0.29) is 5.75 Å². The molecule has 2 atom stereocenters. The lowest BCUT2D eigenvalue weighted by atomic mass is 10.0. The Morgan fingerprint density at radius 3 is 2.37 bits per heavy atom. The predicted octanol–water partition coefficient (Wildman–Crippen LogP) is 0.419. The first-order valence-electron chi connectivity index (χ1n) is 6.68. The van der Waals surface area contributed by atoms with Crippen molar-refractivity contribution in [3.05, 3.63) is 0 Å². The Bertz CT molecular complexity index is 473. The molecule has 0 aromatic heterocycles. The van der Waals surface area contributed by atoms with Gasteiger partial charge in [-0.15, -0.1) is 0 Å². The number of hydrogen-bond donors (Lipinski definition) is 1. The smallest absolute Gasteiger partial charge is 0.326 e. The van der Waals surface area contributed by atoms with E-state index < -0.39 is 33.0 Å². The number of likely N-dealkylation sites (tertiary alicyclic amines) is 1. The summed E-state index contributed by atoms with van der Waals surface area (Å²) in [6, 6.07) is -0.863. The highest BCUT2D eigenvalue weighted by atomic mass is 32.2. The summed E-state index contributed by atoms with van der Waals surface area (Å²) in [7, 11) is -3.41. The van der Waals surface area contributed by atoms with Gasteiger partial charge in [-0.2, -0.15) is 0 Å². The fourth-order valence-corrected chi connectivity index (χ4v) is 4.73. The van der Waals surface area contributed by atoms with Gasteiger partial charge in [0, 0.05) is 6.54 Å². The molecule has 7 heteroatoms. The molecule has 108 valence electrons. The third-order valence-corrected chi connectivity index (χ3v) is 6.09. The van der Waals surface area contributed by atoms with Gasteiger partial charge in [-0.1, -0.05) is 6.42 Å². The minimum absolute atomic E-state index is 0.0367. The molecule has 0 saturated carbocycles. The second-order valence-electron chi connectivity index (χ2n) is 5.23. The van der Waals surface area contributed by atoms with Crippen molar-refractivity contribution < 1.29 is 23.1 Å². The van der Waals surface area contributed by atoms with Crippen molar-refractivity contribution in [3.63, 3.8) is 0 Å². The first-order chi connectivity index (χ1) is 8.93. The molecule has 2 heterocycles. The van der Waals surface area contributed by atoms with Gasteiger partial charge in [0.2, 0.25) is 5.91 Å². The fraction of sp³-hybridized carbons (Fsp3) is 0.833. The molecule has 1 N–H and O–H groups in total. The SMILES string of the molecule is O=C(O)[C@@H]1CCCCN1C(=O)C1CCCCS1(=O)=O. The molecule has 1 amide bonds. The van der Waals surface area contributed by atoms with Crippen LogP contribution in [0.5, 0.6) is 0 Å². The number of aliphatic carboxylic acids is 1. The van der Waals surface area contributed by atoms with E-state index in [1.807, 2.05) is 0 Å². The van der Waals surface area contributed by atoms with E-state index in [0.717, 1.165) is 12.8 Å². The Hall–Kier alpha value is -1.11. The van der Waals surface area contributed by atoms with Crippen LogP contribution in [-0.2, 0) is 19.4 Å². The molecule has 2 fully saturated rings. The maximum Gasteiger partial charge on any atom is 0.326 e. The lowest BCUT2D eigenvalue weighted by Crippen LogP contribution is -2.53. The highest BCUT2D eigenvalue weighted by molar-refractivity contribution is 7.92. The Balaban J connectivity index is 2.19. The number of hydrogen-bond acceptors (Lipinski definition) is 4. The average molecular weight is 289 g/mol. The van der Waals surface area contributed by atoms with Gasteiger partial charge in [0.15, 0.2) is 9.84 Å². The van der Waals surface area contributed by atoms with E-state index in [9.17, 15) is 18.0 Å². The van der Waals surface area contributed by atoms with Crippen LogP contribution in [0.15, 0.2) is 0 Å². The highest BCUT2D eigenvalue weighted by Gasteiger charge is 2.41. The van der Waals surface area contributed by atoms with Gasteiger partial charge in [-0.05, 0) is 32.1 Å². The van der Waals surface area contributed by atoms with Crippen LogP contribution >= 0.6 is 0 Å². The number of carbonyl (C=O) groups is 2. The molecule has 0 spiro atoms. The molecule has 2 saturated heterocycles. The largest absolute Gasteiger partial charge is 0.480 e. The third-order valence-electron chi connectivity index (χ3n) is 3.93. The summed E-state index contributed by atoms with van der Waals surface area (Å²) >= 11 is 0. The van der Waals surface area contributed by atoms with E-state index >= 15 is 0 Å². The Morgan fingerprint density at radius 1 is 1.05 bits per heavy atom. The minimum atomic E-state index is -3.41. The van der Waals surface area contributed by atoms with E-state index in [1.54, 1.807) is 0 Å². The molecular formula is C12H19NO5S. The topological polar surface area (TPSA) is 91.8 Å². The zero-order chi connectivity index (χ0) is 14.0. The summed E-state index contributed by atoms with van der Waals surface area (Å²) in [6.45, 7) is 0.349. The molecule has 2 aliphatic rings. The summed E-state index contributed by atoms with van der Waals surface area (Å²) in [4.78, 5) is 24.8. The molecular weight excluding hydrogens is 270 g/mol. The summed E-state index contributed by atoms with van der Waals surface area (Å²) in [6.07, 6.45) is 3.54. The van der Waals surface area contributed by atoms with Crippen molar-refractivity contribution in [2.24, 2.45) is 0 Å². The lowest BCUT2D eigenvalue weighted by Gasteiger charge is -2.36. The summed E-state index contributed by atoms with van der Waals surface area (Å²) in [5.74, 6) is -1.51. The summed E-state index contributed by atoms with van der Waals surface area (Å²) < 4.78 is 23.9. The van der Waals surface area contributed by atoms with Gasteiger partial charge < -0.3 is 10.0 Å². The van der Waals surface area contributed by atoms with Gasteiger partial charge in [-0.25, -0.2) is 13.2 Å². The standard InChI is InChI=1S/C12H19NO5S/c14-11(10-6-2-4-8-19(10,17)18)13-7-3-1-5-9(13)12(15)16/h9-10H,1-8H2,(H,15,16)/t9-,10?/m0/s1. The summed E-state index contributed by atoms with van der Waals surface area (Å²) in [5, 5.41) is 8.12. The number of amides is 1. The normalized spacial score (nSPS) is 30.8. The van der Waals surface area contributed by atoms with Gasteiger partial charge in [0.25, 0.3) is 0 Å². The van der Waals surface area contributed by atoms with Gasteiger partial charge in [0.05, 0.1) is 5.75 Å². The number of rotatable bonds is 2. The van der Waals surface area contributed by atoms with Crippen LogP contribution in [0.1, 0.15) is 38.5 Å². The van der Waals surface area contributed by atoms with Crippen molar-refractivity contribution in [2.75, 3.05) is 12.3 Å². The maximum absolute atomic E-state index is 12.4. The van der Waals surface area contributed by atoms with E-state index in [2.05, 4.69) is 0 Å². The van der Waals surface area contributed by atoms with Crippen LogP contribution in [0.3, 0.4) is 0 Å². The minimum Gasteiger partial charge on any atom is -0.480 e. The molecule has 19 heavy (non-hydrogen) atoms. The lowest BCUT2D eigenvalue weighted by molar-refractivity contribution is -0.152. The molecule has 0 aliphatic carbocycles. The Labute approximate surface area is 112 Å². The van der Waals surface area contributed by atoms with Crippen molar-refractivity contribution >= 4 is 21.7 Å². The highest BCUT2D eigenvalue weighted by Crippen LogP contribution is 2.25.